The highest BCUT2D eigenvalue weighted by Gasteiger charge is 2.44. The minimum atomic E-state index is -0.458. The number of nitrogens with two attached hydrogens (primary N) is 1. The molecular weight excluding hydrogens is 368 g/mol. The first-order valence-electron chi connectivity index (χ1n) is 9.99. The Hall–Kier alpha value is -3.00. The van der Waals surface area contributed by atoms with Crippen LogP contribution >= 0.6 is 0 Å². The Morgan fingerprint density at radius 1 is 1.21 bits per heavy atom. The molecule has 0 spiro atoms. The van der Waals surface area contributed by atoms with Crippen LogP contribution < -0.4 is 11.1 Å². The van der Waals surface area contributed by atoms with Gasteiger partial charge in [0, 0.05) is 24.5 Å². The van der Waals surface area contributed by atoms with Crippen molar-refractivity contribution in [2.75, 3.05) is 18.9 Å². The van der Waals surface area contributed by atoms with Crippen LogP contribution in [-0.4, -0.2) is 51.0 Å². The summed E-state index contributed by atoms with van der Waals surface area (Å²) in [5, 5.41) is 20.9. The van der Waals surface area contributed by atoms with E-state index in [1.807, 2.05) is 24.3 Å². The van der Waals surface area contributed by atoms with Crippen molar-refractivity contribution in [2.24, 2.45) is 0 Å². The molecule has 1 atom stereocenters. The molecule has 1 aliphatic carbocycles. The van der Waals surface area contributed by atoms with Gasteiger partial charge in [-0.25, -0.2) is 14.8 Å². The number of nitrogens with one attached hydrogen (secondary N) is 2. The van der Waals surface area contributed by atoms with Crippen molar-refractivity contribution in [3.63, 3.8) is 0 Å². The number of amides is 2. The van der Waals surface area contributed by atoms with E-state index in [1.54, 1.807) is 17.3 Å². The molecule has 2 heterocycles. The van der Waals surface area contributed by atoms with Crippen LogP contribution in [0.2, 0.25) is 0 Å². The summed E-state index contributed by atoms with van der Waals surface area (Å²) < 4.78 is 0. The van der Waals surface area contributed by atoms with Crippen LogP contribution in [0.15, 0.2) is 36.7 Å². The molecular formula is C21H26N6O2. The Morgan fingerprint density at radius 3 is 2.48 bits per heavy atom. The summed E-state index contributed by atoms with van der Waals surface area (Å²) in [6.45, 7) is 0.581. The largest absolute Gasteiger partial charge is 0.394 e. The number of carbonyl (C=O) groups is 1. The summed E-state index contributed by atoms with van der Waals surface area (Å²) >= 11 is 0. The molecule has 152 valence electrons. The second-order valence-corrected chi connectivity index (χ2v) is 7.82. The predicted octanol–water partition coefficient (Wildman–Crippen LogP) is 2.29. The van der Waals surface area contributed by atoms with Crippen LogP contribution in [0.25, 0.3) is 11.1 Å². The molecule has 0 radical (unpaired) electrons. The average Bonchev–Trinajstić information content (AvgIpc) is 3.17. The molecule has 1 aromatic carbocycles. The lowest BCUT2D eigenvalue weighted by Crippen LogP contribution is -2.54. The van der Waals surface area contributed by atoms with Crippen molar-refractivity contribution in [2.45, 2.75) is 43.6 Å². The van der Waals surface area contributed by atoms with Crippen molar-refractivity contribution in [1.29, 1.82) is 5.41 Å². The van der Waals surface area contributed by atoms with Gasteiger partial charge in [0.05, 0.1) is 18.1 Å². The number of benzene rings is 1. The van der Waals surface area contributed by atoms with Gasteiger partial charge in [0.1, 0.15) is 5.84 Å². The van der Waals surface area contributed by atoms with E-state index < -0.39 is 5.41 Å². The lowest BCUT2D eigenvalue weighted by Gasteiger charge is -2.43. The maximum Gasteiger partial charge on any atom is 0.323 e. The van der Waals surface area contributed by atoms with Gasteiger partial charge in [0.15, 0.2) is 0 Å². The Bertz CT molecular complexity index is 892. The van der Waals surface area contributed by atoms with Crippen LogP contribution in [0.3, 0.4) is 0 Å². The summed E-state index contributed by atoms with van der Waals surface area (Å²) in [4.78, 5) is 22.3. The number of nitrogen functional groups attached to an aromatic ring is 1. The fraction of sp³-hybridized carbons (Fsp3) is 0.429. The summed E-state index contributed by atoms with van der Waals surface area (Å²) in [5.74, 6) is 0.477. The molecule has 4 rings (SSSR count). The van der Waals surface area contributed by atoms with Crippen LogP contribution in [0.5, 0.6) is 0 Å². The predicted molar refractivity (Wildman–Crippen MR) is 110 cm³/mol. The second kappa shape index (κ2) is 7.79. The summed E-state index contributed by atoms with van der Waals surface area (Å²) in [6.07, 6.45) is 7.75. The van der Waals surface area contributed by atoms with E-state index in [9.17, 15) is 9.90 Å². The number of rotatable bonds is 4. The molecule has 0 bridgehead atoms. The molecule has 1 saturated heterocycles. The number of aliphatic hydroxyl groups is 1. The number of nitrogens with zero attached hydrogens (tertiary/aromatic N) is 3. The lowest BCUT2D eigenvalue weighted by atomic mass is 9.63. The van der Waals surface area contributed by atoms with Gasteiger partial charge in [0.25, 0.3) is 0 Å². The number of likely N-dealkylation sites (tertiary alicyclic amines) is 1. The molecule has 1 aliphatic heterocycles. The minimum Gasteiger partial charge on any atom is -0.394 e. The molecule has 8 heteroatoms. The maximum absolute atomic E-state index is 12.6. The van der Waals surface area contributed by atoms with E-state index in [1.165, 1.54) is 0 Å². The third kappa shape index (κ3) is 3.55. The number of hydrogen-bond donors (Lipinski definition) is 4. The van der Waals surface area contributed by atoms with E-state index in [0.717, 1.165) is 48.8 Å². The Morgan fingerprint density at radius 2 is 1.90 bits per heavy atom. The number of anilines is 1. The number of aromatic nitrogens is 2. The zero-order chi connectivity index (χ0) is 20.4. The molecule has 2 aliphatic rings. The van der Waals surface area contributed by atoms with Crippen LogP contribution in [0, 0.1) is 5.41 Å². The van der Waals surface area contributed by atoms with Gasteiger partial charge < -0.3 is 15.7 Å². The molecule has 0 unspecified atom stereocenters. The number of amidine groups is 1. The van der Waals surface area contributed by atoms with E-state index >= 15 is 0 Å². The number of urea groups is 1. The van der Waals surface area contributed by atoms with Crippen molar-refractivity contribution >= 4 is 17.8 Å². The quantitative estimate of drug-likeness (QED) is 0.467. The lowest BCUT2D eigenvalue weighted by molar-refractivity contribution is 0.159. The first-order chi connectivity index (χ1) is 14.0. The minimum absolute atomic E-state index is 0.0395. The number of aliphatic hydroxyl groups excluding tert-OH is 1. The van der Waals surface area contributed by atoms with Gasteiger partial charge in [-0.1, -0.05) is 30.7 Å². The fourth-order valence-electron chi connectivity index (χ4n) is 4.27. The second-order valence-electron chi connectivity index (χ2n) is 7.82. The smallest absolute Gasteiger partial charge is 0.323 e. The Balaban J connectivity index is 1.50. The zero-order valence-electron chi connectivity index (χ0n) is 16.3. The monoisotopic (exact) mass is 394 g/mol. The van der Waals surface area contributed by atoms with Gasteiger partial charge in [-0.15, -0.1) is 0 Å². The van der Waals surface area contributed by atoms with E-state index in [-0.39, 0.29) is 30.5 Å². The topological polar surface area (TPSA) is 128 Å². The highest BCUT2D eigenvalue weighted by Crippen LogP contribution is 2.44. The van der Waals surface area contributed by atoms with Crippen molar-refractivity contribution in [3.05, 3.63) is 42.2 Å². The summed E-state index contributed by atoms with van der Waals surface area (Å²) in [7, 11) is 0. The van der Waals surface area contributed by atoms with Crippen molar-refractivity contribution < 1.29 is 9.90 Å². The van der Waals surface area contributed by atoms with Gasteiger partial charge in [-0.3, -0.25) is 10.7 Å². The zero-order valence-corrected chi connectivity index (χ0v) is 16.3. The summed E-state index contributed by atoms with van der Waals surface area (Å²) in [5.41, 5.74) is 7.96. The fourth-order valence-corrected chi connectivity index (χ4v) is 4.27. The van der Waals surface area contributed by atoms with Crippen molar-refractivity contribution in [3.8, 4) is 11.1 Å². The third-order valence-corrected chi connectivity index (χ3v) is 6.21. The molecule has 5 N–H and O–H groups in total. The molecule has 2 fully saturated rings. The Kier molecular flexibility index (Phi) is 5.19. The molecule has 1 aromatic heterocycles. The maximum atomic E-state index is 12.6. The number of hydrogen-bond acceptors (Lipinski definition) is 6. The highest BCUT2D eigenvalue weighted by molar-refractivity contribution is 6.02. The standard InChI is InChI=1S/C21H26N6O2/c22-18(26-20(29)27-10-1-3-17(27)13-28)21(8-2-9-21)16-6-4-14(5-7-16)15-11-24-19(23)25-12-15/h4-7,11-12,17,28H,1-3,8-10,13H2,(H2,22,26,29)(H2,23,24,25)/t17-/m0/s1. The highest BCUT2D eigenvalue weighted by atomic mass is 16.3. The van der Waals surface area contributed by atoms with Crippen LogP contribution in [0.4, 0.5) is 10.7 Å². The summed E-state index contributed by atoms with van der Waals surface area (Å²) in [6, 6.07) is 7.56. The van der Waals surface area contributed by atoms with E-state index in [4.69, 9.17) is 11.1 Å². The van der Waals surface area contributed by atoms with Crippen molar-refractivity contribution in [1.82, 2.24) is 20.2 Å². The normalized spacial score (nSPS) is 20.2. The Labute approximate surface area is 169 Å². The van der Waals surface area contributed by atoms with Gasteiger partial charge in [-0.05, 0) is 36.8 Å². The first-order valence-corrected chi connectivity index (χ1v) is 9.99. The van der Waals surface area contributed by atoms with Gasteiger partial charge >= 0.3 is 6.03 Å². The van der Waals surface area contributed by atoms with Crippen LogP contribution in [0.1, 0.15) is 37.7 Å². The van der Waals surface area contributed by atoms with Gasteiger partial charge in [-0.2, -0.15) is 0 Å². The van der Waals surface area contributed by atoms with E-state index in [0.29, 0.717) is 6.54 Å². The third-order valence-electron chi connectivity index (χ3n) is 6.21. The molecule has 8 nitrogen and oxygen atoms in total. The average molecular weight is 394 g/mol. The number of carbonyl (C=O) groups excluding carboxylic acids is 1. The first kappa shape index (κ1) is 19.3. The van der Waals surface area contributed by atoms with E-state index in [2.05, 4.69) is 15.3 Å². The SMILES string of the molecule is N=C(NC(=O)N1CCC[C@H]1CO)C1(c2ccc(-c3cnc(N)nc3)cc2)CCC1. The molecule has 1 saturated carbocycles. The molecule has 2 amide bonds. The molecule has 29 heavy (non-hydrogen) atoms. The van der Waals surface area contributed by atoms with Gasteiger partial charge in [0.2, 0.25) is 5.95 Å². The molecule has 2 aromatic rings. The van der Waals surface area contributed by atoms with Crippen LogP contribution in [-0.2, 0) is 5.41 Å².